The highest BCUT2D eigenvalue weighted by atomic mass is 127. The number of aromatic nitrogens is 1. The molecule has 3 heterocycles. The van der Waals surface area contributed by atoms with Crippen molar-refractivity contribution in [2.24, 2.45) is 0 Å². The quantitative estimate of drug-likeness (QED) is 0.155. The number of hydrogen-bond donors (Lipinski definition) is 0. The van der Waals surface area contributed by atoms with Crippen LogP contribution >= 0.6 is 22.6 Å². The molecule has 6 rings (SSSR count). The van der Waals surface area contributed by atoms with E-state index in [9.17, 15) is 8.78 Å². The Morgan fingerprint density at radius 2 is 1.56 bits per heavy atom. The van der Waals surface area contributed by atoms with Crippen molar-refractivity contribution in [3.05, 3.63) is 105 Å². The number of aryl methyl sites for hydroxylation is 1. The molecule has 0 amide bonds. The fraction of sp³-hybridized carbons (Fsp3) is 0.290. The summed E-state index contributed by atoms with van der Waals surface area (Å²) in [5.74, 6) is -0.382. The lowest BCUT2D eigenvalue weighted by Crippen LogP contribution is -2.39. The molecular weight excluding hydrogens is 565 g/mol. The summed E-state index contributed by atoms with van der Waals surface area (Å²) in [5, 5.41) is 1.29. The summed E-state index contributed by atoms with van der Waals surface area (Å²) in [6.45, 7) is 1.12. The fourth-order valence-electron chi connectivity index (χ4n) is 6.10. The van der Waals surface area contributed by atoms with Crippen molar-refractivity contribution in [1.82, 2.24) is 9.47 Å². The summed E-state index contributed by atoms with van der Waals surface area (Å²) in [7, 11) is 0. The molecule has 0 spiro atoms. The van der Waals surface area contributed by atoms with Crippen molar-refractivity contribution in [2.45, 2.75) is 50.6 Å². The zero-order valence-corrected chi connectivity index (χ0v) is 22.3. The van der Waals surface area contributed by atoms with Crippen LogP contribution in [0.3, 0.4) is 0 Å². The van der Waals surface area contributed by atoms with E-state index in [0.717, 1.165) is 31.5 Å². The van der Waals surface area contributed by atoms with E-state index in [1.54, 1.807) is 12.1 Å². The second kappa shape index (κ2) is 10.1. The van der Waals surface area contributed by atoms with E-state index in [1.807, 2.05) is 24.3 Å². The molecular formula is C31H29F2IN2. The van der Waals surface area contributed by atoms with E-state index in [2.05, 4.69) is 62.4 Å². The van der Waals surface area contributed by atoms with Gasteiger partial charge >= 0.3 is 0 Å². The number of nitrogens with zero attached hydrogens (tertiary/aromatic N) is 2. The average Bonchev–Trinajstić information content (AvgIpc) is 3.30. The second-order valence-electron chi connectivity index (χ2n) is 9.99. The maximum Gasteiger partial charge on any atom is 0.123 e. The summed E-state index contributed by atoms with van der Waals surface area (Å²) < 4.78 is 30.3. The SMILES string of the molecule is Fc1ccc(C2=CC3CCC(C2)N3CCCCc2c(I)n(-c3ccc(F)cc3)c3ccccc23)cc1. The zero-order chi connectivity index (χ0) is 24.6. The van der Waals surface area contributed by atoms with E-state index in [4.69, 9.17) is 0 Å². The standard InChI is InChI=1S/C31H29F2IN2/c32-23-10-8-21(9-11-23)22-19-26-16-17-27(20-22)35(26)18-4-3-6-29-28-5-1-2-7-30(28)36(31(29)34)25-14-12-24(33)13-15-25/h1-2,5,7-15,19,26-27H,3-4,6,16-18,20H2. The highest BCUT2D eigenvalue weighted by Gasteiger charge is 2.36. The first kappa shape index (κ1) is 23.9. The van der Waals surface area contributed by atoms with E-state index in [1.165, 1.54) is 62.7 Å². The molecule has 2 aliphatic rings. The van der Waals surface area contributed by atoms with E-state index in [-0.39, 0.29) is 11.6 Å². The molecule has 2 aliphatic heterocycles. The van der Waals surface area contributed by atoms with Gasteiger partial charge in [-0.2, -0.15) is 0 Å². The summed E-state index contributed by atoms with van der Waals surface area (Å²) in [6.07, 6.45) is 9.29. The minimum absolute atomic E-state index is 0.171. The number of halogens is 3. The monoisotopic (exact) mass is 594 g/mol. The van der Waals surface area contributed by atoms with Crippen LogP contribution in [0.25, 0.3) is 22.2 Å². The Morgan fingerprint density at radius 1 is 0.833 bits per heavy atom. The predicted octanol–water partition coefficient (Wildman–Crippen LogP) is 8.16. The number of rotatable bonds is 7. The van der Waals surface area contributed by atoms with Crippen molar-refractivity contribution in [3.63, 3.8) is 0 Å². The third-order valence-electron chi connectivity index (χ3n) is 7.85. The van der Waals surface area contributed by atoms with E-state index in [0.29, 0.717) is 12.1 Å². The van der Waals surface area contributed by atoms with Gasteiger partial charge in [0.15, 0.2) is 0 Å². The van der Waals surface area contributed by atoms with E-state index >= 15 is 0 Å². The molecule has 2 nitrogen and oxygen atoms in total. The van der Waals surface area contributed by atoms with Gasteiger partial charge in [0.25, 0.3) is 0 Å². The van der Waals surface area contributed by atoms with Gasteiger partial charge in [-0.3, -0.25) is 4.90 Å². The third-order valence-corrected chi connectivity index (χ3v) is 8.98. The normalized spacial score (nSPS) is 19.7. The van der Waals surface area contributed by atoms with Gasteiger partial charge in [-0.15, -0.1) is 0 Å². The fourth-order valence-corrected chi connectivity index (χ4v) is 7.20. The van der Waals surface area contributed by atoms with Crippen molar-refractivity contribution in [3.8, 4) is 5.69 Å². The highest BCUT2D eigenvalue weighted by molar-refractivity contribution is 14.1. The first-order chi connectivity index (χ1) is 17.6. The number of hydrogen-bond acceptors (Lipinski definition) is 1. The van der Waals surface area contributed by atoms with Crippen LogP contribution in [0.1, 0.15) is 43.2 Å². The van der Waals surface area contributed by atoms with Crippen LogP contribution < -0.4 is 0 Å². The Balaban J connectivity index is 1.14. The lowest BCUT2D eigenvalue weighted by molar-refractivity contribution is 0.208. The first-order valence-corrected chi connectivity index (χ1v) is 13.9. The van der Waals surface area contributed by atoms with Gasteiger partial charge in [0, 0.05) is 23.2 Å². The van der Waals surface area contributed by atoms with Gasteiger partial charge < -0.3 is 4.57 Å². The molecule has 184 valence electrons. The van der Waals surface area contributed by atoms with Crippen LogP contribution in [0.5, 0.6) is 0 Å². The van der Waals surface area contributed by atoms with Gasteiger partial charge in [0.1, 0.15) is 11.6 Å². The van der Waals surface area contributed by atoms with Gasteiger partial charge in [-0.05, 0) is 127 Å². The molecule has 0 radical (unpaired) electrons. The molecule has 3 aromatic carbocycles. The molecule has 1 saturated heterocycles. The maximum absolute atomic E-state index is 13.5. The molecule has 2 unspecified atom stereocenters. The number of unbranched alkanes of at least 4 members (excludes halogenated alkanes) is 1. The highest BCUT2D eigenvalue weighted by Crippen LogP contribution is 2.39. The number of benzene rings is 3. The molecule has 36 heavy (non-hydrogen) atoms. The Hall–Kier alpha value is -2.51. The van der Waals surface area contributed by atoms with Crippen LogP contribution in [0, 0.1) is 15.3 Å². The van der Waals surface area contributed by atoms with Crippen molar-refractivity contribution in [1.29, 1.82) is 0 Å². The molecule has 4 aromatic rings. The maximum atomic E-state index is 13.5. The Labute approximate surface area is 224 Å². The van der Waals surface area contributed by atoms with Crippen molar-refractivity contribution in [2.75, 3.05) is 6.54 Å². The van der Waals surface area contributed by atoms with Crippen molar-refractivity contribution < 1.29 is 8.78 Å². The summed E-state index contributed by atoms with van der Waals surface area (Å²) >= 11 is 2.46. The van der Waals surface area contributed by atoms with Crippen LogP contribution in [0.15, 0.2) is 78.9 Å². The van der Waals surface area contributed by atoms with Gasteiger partial charge in [-0.25, -0.2) is 8.78 Å². The van der Waals surface area contributed by atoms with Crippen LogP contribution in [0.2, 0.25) is 0 Å². The van der Waals surface area contributed by atoms with Crippen LogP contribution in [-0.2, 0) is 6.42 Å². The topological polar surface area (TPSA) is 8.17 Å². The van der Waals surface area contributed by atoms with Gasteiger partial charge in [-0.1, -0.05) is 36.4 Å². The van der Waals surface area contributed by atoms with Crippen LogP contribution in [-0.4, -0.2) is 28.1 Å². The summed E-state index contributed by atoms with van der Waals surface area (Å²) in [6, 6.07) is 23.4. The molecule has 0 aliphatic carbocycles. The summed E-state index contributed by atoms with van der Waals surface area (Å²) in [5.41, 5.74) is 6.10. The molecule has 0 saturated carbocycles. The molecule has 1 fully saturated rings. The molecule has 0 N–H and O–H groups in total. The molecule has 5 heteroatoms. The summed E-state index contributed by atoms with van der Waals surface area (Å²) in [4.78, 5) is 2.69. The number of fused-ring (bicyclic) bond motifs is 3. The molecule has 1 aromatic heterocycles. The average molecular weight is 594 g/mol. The lowest BCUT2D eigenvalue weighted by atomic mass is 9.94. The van der Waals surface area contributed by atoms with Gasteiger partial charge in [0.05, 0.1) is 9.22 Å². The molecule has 2 bridgehead atoms. The zero-order valence-electron chi connectivity index (χ0n) is 20.1. The first-order valence-electron chi connectivity index (χ1n) is 12.8. The van der Waals surface area contributed by atoms with Crippen LogP contribution in [0.4, 0.5) is 8.78 Å². The lowest BCUT2D eigenvalue weighted by Gasteiger charge is -2.34. The van der Waals surface area contributed by atoms with E-state index < -0.39 is 0 Å². The minimum atomic E-state index is -0.211. The minimum Gasteiger partial charge on any atom is -0.304 e. The smallest absolute Gasteiger partial charge is 0.123 e. The van der Waals surface area contributed by atoms with Gasteiger partial charge in [0.2, 0.25) is 0 Å². The number of para-hydroxylation sites is 1. The largest absolute Gasteiger partial charge is 0.304 e. The third kappa shape index (κ3) is 4.52. The molecule has 2 atom stereocenters. The Morgan fingerprint density at radius 3 is 2.31 bits per heavy atom. The Kier molecular flexibility index (Phi) is 6.69. The Bertz CT molecular complexity index is 1410. The second-order valence-corrected chi connectivity index (χ2v) is 11.0. The van der Waals surface area contributed by atoms with Crippen molar-refractivity contribution >= 4 is 39.1 Å². The predicted molar refractivity (Wildman–Crippen MR) is 151 cm³/mol.